The molecule has 3 fully saturated rings. The minimum atomic E-state index is -0.819. The monoisotopic (exact) mass is 416 g/mol. The minimum Gasteiger partial charge on any atom is -0.393 e. The van der Waals surface area contributed by atoms with Gasteiger partial charge in [0, 0.05) is 6.42 Å². The number of hydrogen-bond donors (Lipinski definition) is 3. The van der Waals surface area contributed by atoms with Crippen molar-refractivity contribution in [2.45, 2.75) is 83.5 Å². The second-order valence-electron chi connectivity index (χ2n) is 10.6. The Hall–Kier alpha value is -1.20. The fourth-order valence-corrected chi connectivity index (χ4v) is 5.91. The second kappa shape index (κ2) is 9.12. The van der Waals surface area contributed by atoms with Crippen LogP contribution in [0, 0.1) is 17.3 Å². The van der Waals surface area contributed by atoms with Gasteiger partial charge in [-0.1, -0.05) is 37.8 Å². The zero-order valence-corrected chi connectivity index (χ0v) is 19.0. The van der Waals surface area contributed by atoms with E-state index in [9.17, 15) is 15.3 Å². The molecular weight excluding hydrogens is 376 g/mol. The third-order valence-electron chi connectivity index (χ3n) is 7.46. The Morgan fingerprint density at radius 1 is 1.27 bits per heavy atom. The maximum absolute atomic E-state index is 10.1. The Kier molecular flexibility index (Phi) is 7.13. The standard InChI is InChI=1S/C26H40O4/c1-17(15-30-16-25(3,4)29)22-10-11-23-19(7-6-12-26(22,23)5)8-9-20-13-21(27)14-24(28)18(20)2/h8-9,21-24,27-29H,1-2,6-7,10-16H2,3-5H3/t21-,22-,23+,24+,26-/m1/s1. The lowest BCUT2D eigenvalue weighted by Gasteiger charge is -2.43. The van der Waals surface area contributed by atoms with Gasteiger partial charge in [0.1, 0.15) is 0 Å². The third-order valence-corrected chi connectivity index (χ3v) is 7.46. The summed E-state index contributed by atoms with van der Waals surface area (Å²) in [4.78, 5) is 0. The first-order valence-corrected chi connectivity index (χ1v) is 11.4. The zero-order valence-electron chi connectivity index (χ0n) is 19.0. The summed E-state index contributed by atoms with van der Waals surface area (Å²) in [6.45, 7) is 15.1. The van der Waals surface area contributed by atoms with Crippen molar-refractivity contribution < 1.29 is 20.1 Å². The maximum Gasteiger partial charge on any atom is 0.0824 e. The van der Waals surface area contributed by atoms with E-state index in [0.29, 0.717) is 37.9 Å². The molecule has 0 aliphatic heterocycles. The first-order chi connectivity index (χ1) is 14.0. The molecule has 3 aliphatic rings. The van der Waals surface area contributed by atoms with Crippen molar-refractivity contribution in [3.8, 4) is 0 Å². The molecule has 3 saturated carbocycles. The summed E-state index contributed by atoms with van der Waals surface area (Å²) >= 11 is 0. The predicted octanol–water partition coefficient (Wildman–Crippen LogP) is 4.47. The Morgan fingerprint density at radius 3 is 2.70 bits per heavy atom. The highest BCUT2D eigenvalue weighted by atomic mass is 16.5. The Bertz CT molecular complexity index is 726. The van der Waals surface area contributed by atoms with Crippen molar-refractivity contribution in [2.24, 2.45) is 17.3 Å². The lowest BCUT2D eigenvalue weighted by molar-refractivity contribution is -0.0170. The molecule has 0 unspecified atom stereocenters. The van der Waals surface area contributed by atoms with E-state index in [1.165, 1.54) is 18.4 Å². The molecule has 4 heteroatoms. The lowest BCUT2D eigenvalue weighted by Crippen LogP contribution is -2.35. The molecule has 4 nitrogen and oxygen atoms in total. The fraction of sp³-hybridized carbons (Fsp3) is 0.692. The zero-order chi connectivity index (χ0) is 22.1. The van der Waals surface area contributed by atoms with Gasteiger partial charge >= 0.3 is 0 Å². The van der Waals surface area contributed by atoms with Crippen molar-refractivity contribution in [1.82, 2.24) is 0 Å². The van der Waals surface area contributed by atoms with Crippen molar-refractivity contribution >= 4 is 0 Å². The molecule has 0 spiro atoms. The van der Waals surface area contributed by atoms with Gasteiger partial charge < -0.3 is 20.1 Å². The van der Waals surface area contributed by atoms with Crippen LogP contribution in [0.4, 0.5) is 0 Å². The SMILES string of the molecule is C=C(COCC(C)(C)O)[C@H]1CC[C@H]2C(=CC=C3C[C@@H](O)C[C@H](O)C3=C)CCC[C@]12C. The fourth-order valence-electron chi connectivity index (χ4n) is 5.91. The van der Waals surface area contributed by atoms with E-state index >= 15 is 0 Å². The van der Waals surface area contributed by atoms with E-state index < -0.39 is 17.8 Å². The van der Waals surface area contributed by atoms with Crippen LogP contribution in [0.1, 0.15) is 65.7 Å². The number of allylic oxidation sites excluding steroid dienone is 3. The molecular formula is C26H40O4. The summed E-state index contributed by atoms with van der Waals surface area (Å²) in [5, 5.41) is 30.0. The van der Waals surface area contributed by atoms with Gasteiger partial charge in [0.05, 0.1) is 31.0 Å². The van der Waals surface area contributed by atoms with Crippen LogP contribution in [0.5, 0.6) is 0 Å². The summed E-state index contributed by atoms with van der Waals surface area (Å²) in [5.41, 5.74) is 3.72. The summed E-state index contributed by atoms with van der Waals surface area (Å²) in [6.07, 6.45) is 9.91. The van der Waals surface area contributed by atoms with Crippen LogP contribution in [0.25, 0.3) is 0 Å². The van der Waals surface area contributed by atoms with Crippen LogP contribution in [0.3, 0.4) is 0 Å². The van der Waals surface area contributed by atoms with Crippen LogP contribution in [0.15, 0.2) is 47.6 Å². The van der Waals surface area contributed by atoms with Gasteiger partial charge in [-0.2, -0.15) is 0 Å². The van der Waals surface area contributed by atoms with E-state index in [2.05, 4.69) is 32.2 Å². The molecule has 0 radical (unpaired) electrons. The van der Waals surface area contributed by atoms with Gasteiger partial charge in [0.15, 0.2) is 0 Å². The van der Waals surface area contributed by atoms with Gasteiger partial charge in [-0.3, -0.25) is 0 Å². The molecule has 0 amide bonds. The highest BCUT2D eigenvalue weighted by Gasteiger charge is 2.49. The van der Waals surface area contributed by atoms with E-state index in [1.54, 1.807) is 13.8 Å². The molecule has 0 aromatic rings. The van der Waals surface area contributed by atoms with Crippen LogP contribution in [-0.2, 0) is 4.74 Å². The molecule has 168 valence electrons. The topological polar surface area (TPSA) is 69.9 Å². The summed E-state index contributed by atoms with van der Waals surface area (Å²) < 4.78 is 5.75. The molecule has 0 aromatic carbocycles. The first-order valence-electron chi connectivity index (χ1n) is 11.4. The minimum absolute atomic E-state index is 0.195. The summed E-state index contributed by atoms with van der Waals surface area (Å²) in [5.74, 6) is 0.972. The van der Waals surface area contributed by atoms with Crippen molar-refractivity contribution in [1.29, 1.82) is 0 Å². The summed E-state index contributed by atoms with van der Waals surface area (Å²) in [6, 6.07) is 0. The van der Waals surface area contributed by atoms with Crippen molar-refractivity contribution in [3.63, 3.8) is 0 Å². The second-order valence-corrected chi connectivity index (χ2v) is 10.6. The van der Waals surface area contributed by atoms with Gasteiger partial charge in [0.2, 0.25) is 0 Å². The number of hydrogen-bond acceptors (Lipinski definition) is 4. The highest BCUT2D eigenvalue weighted by molar-refractivity contribution is 5.39. The van der Waals surface area contributed by atoms with Crippen LogP contribution in [-0.4, -0.2) is 46.3 Å². The Morgan fingerprint density at radius 2 is 2.00 bits per heavy atom. The van der Waals surface area contributed by atoms with E-state index in [1.807, 2.05) is 0 Å². The summed E-state index contributed by atoms with van der Waals surface area (Å²) in [7, 11) is 0. The van der Waals surface area contributed by atoms with Crippen molar-refractivity contribution in [2.75, 3.05) is 13.2 Å². The lowest BCUT2D eigenvalue weighted by atomic mass is 9.62. The largest absolute Gasteiger partial charge is 0.393 e. The van der Waals surface area contributed by atoms with E-state index in [4.69, 9.17) is 4.74 Å². The highest BCUT2D eigenvalue weighted by Crippen LogP contribution is 2.59. The normalized spacial score (nSPS) is 37.6. The number of aliphatic hydroxyl groups excluding tert-OH is 2. The van der Waals surface area contributed by atoms with Crippen molar-refractivity contribution in [3.05, 3.63) is 47.6 Å². The van der Waals surface area contributed by atoms with Gasteiger partial charge in [-0.15, -0.1) is 0 Å². The number of aliphatic hydroxyl groups is 3. The van der Waals surface area contributed by atoms with E-state index in [-0.39, 0.29) is 5.41 Å². The molecule has 3 aliphatic carbocycles. The van der Waals surface area contributed by atoms with Gasteiger partial charge in [-0.05, 0) is 86.3 Å². The Labute approximate surface area is 182 Å². The molecule has 0 bridgehead atoms. The third kappa shape index (κ3) is 5.16. The van der Waals surface area contributed by atoms with Crippen LogP contribution < -0.4 is 0 Å². The smallest absolute Gasteiger partial charge is 0.0824 e. The molecule has 0 aromatic heterocycles. The van der Waals surface area contributed by atoms with Crippen LogP contribution >= 0.6 is 0 Å². The van der Waals surface area contributed by atoms with E-state index in [0.717, 1.165) is 36.0 Å². The number of ether oxygens (including phenoxy) is 1. The Balaban J connectivity index is 1.71. The molecule has 3 rings (SSSR count). The number of rotatable bonds is 6. The molecule has 30 heavy (non-hydrogen) atoms. The molecule has 3 N–H and O–H groups in total. The first kappa shape index (κ1) is 23.5. The average molecular weight is 417 g/mol. The molecule has 0 heterocycles. The number of fused-ring (bicyclic) bond motifs is 1. The maximum atomic E-state index is 10.1. The van der Waals surface area contributed by atoms with Gasteiger partial charge in [-0.25, -0.2) is 0 Å². The predicted molar refractivity (Wildman–Crippen MR) is 121 cm³/mol. The molecule has 0 saturated heterocycles. The average Bonchev–Trinajstić information content (AvgIpc) is 3.00. The van der Waals surface area contributed by atoms with Gasteiger partial charge in [0.25, 0.3) is 0 Å². The van der Waals surface area contributed by atoms with Crippen LogP contribution in [0.2, 0.25) is 0 Å². The quantitative estimate of drug-likeness (QED) is 0.559. The molecule has 5 atom stereocenters.